The largest absolute Gasteiger partial charge is 0.426 e. The standard InChI is InChI=1S/C21H18N6O.2ClH/c22-19(23)13-3-1-12(2-4-13)16-9-10-17-18(11-16)27(28)21(26-17)15-7-5-14(6-8-15)20(24)25;;/h1-11,28H,(H3,22,23)(H3,24,25);2*1H. The first-order valence-electron chi connectivity index (χ1n) is 8.55. The summed E-state index contributed by atoms with van der Waals surface area (Å²) in [5.41, 5.74) is 16.1. The third-order valence-corrected chi connectivity index (χ3v) is 4.61. The Hall–Kier alpha value is -3.55. The van der Waals surface area contributed by atoms with Gasteiger partial charge < -0.3 is 16.7 Å². The molecule has 0 unspecified atom stereocenters. The van der Waals surface area contributed by atoms with Crippen LogP contribution in [0.4, 0.5) is 0 Å². The fraction of sp³-hybridized carbons (Fsp3) is 0. The second-order valence-corrected chi connectivity index (χ2v) is 6.43. The number of hydrogen-bond acceptors (Lipinski definition) is 4. The summed E-state index contributed by atoms with van der Waals surface area (Å²) in [7, 11) is 0. The van der Waals surface area contributed by atoms with Crippen molar-refractivity contribution in [3.8, 4) is 22.5 Å². The smallest absolute Gasteiger partial charge is 0.176 e. The average molecular weight is 443 g/mol. The molecule has 0 bridgehead atoms. The lowest BCUT2D eigenvalue weighted by molar-refractivity contribution is 0.203. The van der Waals surface area contributed by atoms with Crippen LogP contribution in [0.5, 0.6) is 0 Å². The molecule has 1 aromatic heterocycles. The van der Waals surface area contributed by atoms with E-state index in [1.165, 1.54) is 0 Å². The maximum absolute atomic E-state index is 10.7. The van der Waals surface area contributed by atoms with Crippen molar-refractivity contribution in [2.45, 2.75) is 0 Å². The fourth-order valence-electron chi connectivity index (χ4n) is 3.07. The van der Waals surface area contributed by atoms with Crippen LogP contribution in [0.2, 0.25) is 0 Å². The molecular formula is C21H20Cl2N6O. The Morgan fingerprint density at radius 1 is 0.733 bits per heavy atom. The van der Waals surface area contributed by atoms with Crippen LogP contribution >= 0.6 is 24.8 Å². The summed E-state index contributed by atoms with van der Waals surface area (Å²) in [5, 5.41) is 25.6. The first kappa shape index (κ1) is 22.7. The molecule has 3 aromatic carbocycles. The Kier molecular flexibility index (Phi) is 6.71. The lowest BCUT2D eigenvalue weighted by atomic mass is 10.0. The molecule has 0 spiro atoms. The zero-order valence-corrected chi connectivity index (χ0v) is 17.3. The van der Waals surface area contributed by atoms with E-state index in [-0.39, 0.29) is 36.5 Å². The van der Waals surface area contributed by atoms with Crippen molar-refractivity contribution in [3.05, 3.63) is 77.9 Å². The van der Waals surface area contributed by atoms with Gasteiger partial charge in [-0.15, -0.1) is 24.8 Å². The molecule has 4 aromatic rings. The van der Waals surface area contributed by atoms with Crippen molar-refractivity contribution in [2.24, 2.45) is 11.5 Å². The van der Waals surface area contributed by atoms with Gasteiger partial charge in [0.05, 0.1) is 5.52 Å². The fourth-order valence-corrected chi connectivity index (χ4v) is 3.07. The first-order valence-corrected chi connectivity index (χ1v) is 8.55. The number of aromatic nitrogens is 2. The number of amidine groups is 2. The number of hydrogen-bond donors (Lipinski definition) is 5. The molecule has 1 heterocycles. The van der Waals surface area contributed by atoms with Crippen LogP contribution in [-0.4, -0.2) is 26.6 Å². The van der Waals surface area contributed by atoms with E-state index in [1.807, 2.05) is 30.3 Å². The van der Waals surface area contributed by atoms with E-state index in [2.05, 4.69) is 4.98 Å². The molecule has 0 aliphatic rings. The summed E-state index contributed by atoms with van der Waals surface area (Å²) in [5.74, 6) is 0.425. The normalized spacial score (nSPS) is 10.1. The Morgan fingerprint density at radius 2 is 1.20 bits per heavy atom. The quantitative estimate of drug-likeness (QED) is 0.185. The van der Waals surface area contributed by atoms with Gasteiger partial charge in [0.15, 0.2) is 5.82 Å². The highest BCUT2D eigenvalue weighted by molar-refractivity contribution is 5.96. The minimum absolute atomic E-state index is 0. The molecule has 0 saturated heterocycles. The Balaban J connectivity index is 0.00000160. The van der Waals surface area contributed by atoms with Gasteiger partial charge in [0.25, 0.3) is 0 Å². The molecule has 0 saturated carbocycles. The van der Waals surface area contributed by atoms with Crippen molar-refractivity contribution >= 4 is 47.5 Å². The van der Waals surface area contributed by atoms with Crippen LogP contribution in [0.3, 0.4) is 0 Å². The molecule has 7 nitrogen and oxygen atoms in total. The van der Waals surface area contributed by atoms with Crippen molar-refractivity contribution in [2.75, 3.05) is 0 Å². The molecule has 0 amide bonds. The van der Waals surface area contributed by atoms with Gasteiger partial charge >= 0.3 is 0 Å². The number of rotatable bonds is 4. The molecule has 4 rings (SSSR count). The lowest BCUT2D eigenvalue weighted by Gasteiger charge is -2.05. The lowest BCUT2D eigenvalue weighted by Crippen LogP contribution is -2.10. The minimum atomic E-state index is -0.00974. The highest BCUT2D eigenvalue weighted by Crippen LogP contribution is 2.28. The van der Waals surface area contributed by atoms with E-state index in [1.54, 1.807) is 36.4 Å². The number of nitrogens with one attached hydrogen (secondary N) is 2. The highest BCUT2D eigenvalue weighted by atomic mass is 35.5. The molecule has 154 valence electrons. The predicted octanol–water partition coefficient (Wildman–Crippen LogP) is 4.02. The monoisotopic (exact) mass is 442 g/mol. The van der Waals surface area contributed by atoms with Crippen molar-refractivity contribution in [3.63, 3.8) is 0 Å². The zero-order valence-electron chi connectivity index (χ0n) is 15.7. The molecule has 7 N–H and O–H groups in total. The van der Waals surface area contributed by atoms with E-state index in [9.17, 15) is 5.21 Å². The second kappa shape index (κ2) is 8.86. The molecular weight excluding hydrogens is 423 g/mol. The van der Waals surface area contributed by atoms with Crippen LogP contribution in [0.15, 0.2) is 66.7 Å². The molecule has 0 atom stereocenters. The molecule has 0 radical (unpaired) electrons. The summed E-state index contributed by atoms with van der Waals surface area (Å²) < 4.78 is 1.06. The molecule has 30 heavy (non-hydrogen) atoms. The summed E-state index contributed by atoms with van der Waals surface area (Å²) in [6.45, 7) is 0. The number of imidazole rings is 1. The Bertz CT molecular complexity index is 1220. The molecule has 0 fully saturated rings. The number of nitrogens with two attached hydrogens (primary N) is 2. The minimum Gasteiger partial charge on any atom is -0.426 e. The van der Waals surface area contributed by atoms with Gasteiger partial charge in [-0.25, -0.2) is 4.98 Å². The number of fused-ring (bicyclic) bond motifs is 1. The Labute approximate surface area is 185 Å². The van der Waals surface area contributed by atoms with Crippen LogP contribution < -0.4 is 11.5 Å². The van der Waals surface area contributed by atoms with Crippen molar-refractivity contribution in [1.82, 2.24) is 9.71 Å². The third-order valence-electron chi connectivity index (χ3n) is 4.61. The van der Waals surface area contributed by atoms with E-state index in [4.69, 9.17) is 22.3 Å². The second-order valence-electron chi connectivity index (χ2n) is 6.43. The van der Waals surface area contributed by atoms with E-state index in [0.717, 1.165) is 21.4 Å². The first-order chi connectivity index (χ1) is 13.4. The van der Waals surface area contributed by atoms with E-state index < -0.39 is 0 Å². The SMILES string of the molecule is Cl.Cl.N=C(N)c1ccc(-c2ccc3nc(-c4ccc(C(=N)N)cc4)n(O)c3c2)cc1. The van der Waals surface area contributed by atoms with Gasteiger partial charge in [0.2, 0.25) is 0 Å². The topological polar surface area (TPSA) is 138 Å². The summed E-state index contributed by atoms with van der Waals surface area (Å²) in [4.78, 5) is 4.51. The summed E-state index contributed by atoms with van der Waals surface area (Å²) in [6.07, 6.45) is 0. The number of benzene rings is 3. The Morgan fingerprint density at radius 3 is 1.70 bits per heavy atom. The van der Waals surface area contributed by atoms with Gasteiger partial charge in [-0.1, -0.05) is 54.6 Å². The summed E-state index contributed by atoms with van der Waals surface area (Å²) >= 11 is 0. The number of nitrogen functional groups attached to an aromatic ring is 2. The van der Waals surface area contributed by atoms with E-state index in [0.29, 0.717) is 28.0 Å². The maximum Gasteiger partial charge on any atom is 0.176 e. The number of halogens is 2. The molecule has 9 heteroatoms. The van der Waals surface area contributed by atoms with Crippen LogP contribution in [0, 0.1) is 10.8 Å². The van der Waals surface area contributed by atoms with Gasteiger partial charge in [0.1, 0.15) is 17.2 Å². The summed E-state index contributed by atoms with van der Waals surface area (Å²) in [6, 6.07) is 20.0. The zero-order chi connectivity index (χ0) is 19.8. The van der Waals surface area contributed by atoms with Crippen LogP contribution in [0.25, 0.3) is 33.5 Å². The van der Waals surface area contributed by atoms with Crippen LogP contribution in [0.1, 0.15) is 11.1 Å². The van der Waals surface area contributed by atoms with Gasteiger partial charge in [0, 0.05) is 16.7 Å². The van der Waals surface area contributed by atoms with Gasteiger partial charge in [-0.2, -0.15) is 4.73 Å². The van der Waals surface area contributed by atoms with Gasteiger partial charge in [-0.3, -0.25) is 10.8 Å². The molecule has 0 aliphatic heterocycles. The van der Waals surface area contributed by atoms with Crippen molar-refractivity contribution in [1.29, 1.82) is 10.8 Å². The molecule has 0 aliphatic carbocycles. The maximum atomic E-state index is 10.7. The van der Waals surface area contributed by atoms with E-state index >= 15 is 0 Å². The number of nitrogens with zero attached hydrogens (tertiary/aromatic N) is 2. The highest BCUT2D eigenvalue weighted by Gasteiger charge is 2.13. The average Bonchev–Trinajstić information content (AvgIpc) is 3.04. The predicted molar refractivity (Wildman–Crippen MR) is 124 cm³/mol. The third kappa shape index (κ3) is 4.07. The van der Waals surface area contributed by atoms with Gasteiger partial charge in [-0.05, 0) is 23.3 Å². The van der Waals surface area contributed by atoms with Crippen LogP contribution in [-0.2, 0) is 0 Å². The van der Waals surface area contributed by atoms with Crippen molar-refractivity contribution < 1.29 is 5.21 Å².